The maximum absolute atomic E-state index is 12.0. The van der Waals surface area contributed by atoms with Gasteiger partial charge in [0.2, 0.25) is 0 Å². The minimum atomic E-state index is -0.924. The molecule has 2 N–H and O–H groups in total. The number of hydrogen-bond acceptors (Lipinski definition) is 4. The van der Waals surface area contributed by atoms with Crippen molar-refractivity contribution in [1.82, 2.24) is 15.1 Å². The van der Waals surface area contributed by atoms with E-state index < -0.39 is 12.1 Å². The second-order valence-corrected chi connectivity index (χ2v) is 3.83. The van der Waals surface area contributed by atoms with Crippen LogP contribution in [0.2, 0.25) is 0 Å². The largest absolute Gasteiger partial charge is 0.481 e. The van der Waals surface area contributed by atoms with Gasteiger partial charge in [0.05, 0.1) is 30.9 Å². The lowest BCUT2D eigenvalue weighted by molar-refractivity contribution is -0.141. The Bertz CT molecular complexity index is 404. The van der Waals surface area contributed by atoms with Gasteiger partial charge in [-0.15, -0.1) is 0 Å². The molecule has 0 aliphatic carbocycles. The van der Waals surface area contributed by atoms with Gasteiger partial charge in [0.1, 0.15) is 0 Å². The quantitative estimate of drug-likeness (QED) is 0.756. The molecule has 2 rings (SSSR count). The molecule has 0 radical (unpaired) electrons. The van der Waals surface area contributed by atoms with Gasteiger partial charge in [0.25, 0.3) is 5.91 Å². The second-order valence-electron chi connectivity index (χ2n) is 3.83. The average molecular weight is 239 g/mol. The van der Waals surface area contributed by atoms with Crippen LogP contribution in [0, 0.1) is 0 Å². The number of ether oxygens (including phenoxy) is 1. The van der Waals surface area contributed by atoms with E-state index in [9.17, 15) is 9.59 Å². The number of aromatic nitrogens is 2. The van der Waals surface area contributed by atoms with Crippen LogP contribution in [-0.4, -0.2) is 57.9 Å². The number of aromatic amines is 1. The molecule has 7 heteroatoms. The number of carboxylic acids is 1. The highest BCUT2D eigenvalue weighted by molar-refractivity contribution is 5.93. The minimum absolute atomic E-state index is 0.0881. The first kappa shape index (κ1) is 11.6. The minimum Gasteiger partial charge on any atom is -0.481 e. The maximum atomic E-state index is 12.0. The monoisotopic (exact) mass is 239 g/mol. The summed E-state index contributed by atoms with van der Waals surface area (Å²) >= 11 is 0. The molecule has 0 saturated carbocycles. The van der Waals surface area contributed by atoms with Gasteiger partial charge in [-0.05, 0) is 0 Å². The number of hydrogen-bond donors (Lipinski definition) is 2. The van der Waals surface area contributed by atoms with E-state index in [1.807, 2.05) is 0 Å². The van der Waals surface area contributed by atoms with Crippen LogP contribution in [0.15, 0.2) is 12.4 Å². The predicted molar refractivity (Wildman–Crippen MR) is 56.5 cm³/mol. The van der Waals surface area contributed by atoms with Crippen molar-refractivity contribution in [2.75, 3.05) is 19.7 Å². The Morgan fingerprint density at radius 3 is 3.12 bits per heavy atom. The molecule has 17 heavy (non-hydrogen) atoms. The summed E-state index contributed by atoms with van der Waals surface area (Å²) in [6.07, 6.45) is 2.44. The Hall–Kier alpha value is -1.89. The zero-order valence-electron chi connectivity index (χ0n) is 9.13. The third kappa shape index (κ3) is 2.82. The molecular formula is C10H13N3O4. The number of carboxylic acid groups (broad SMARTS) is 1. The number of rotatable bonds is 3. The van der Waals surface area contributed by atoms with Crippen molar-refractivity contribution in [3.63, 3.8) is 0 Å². The van der Waals surface area contributed by atoms with Crippen LogP contribution in [0.1, 0.15) is 16.8 Å². The number of H-pyrrole nitrogens is 1. The highest BCUT2D eigenvalue weighted by atomic mass is 16.5. The number of nitrogens with one attached hydrogen (secondary N) is 1. The summed E-state index contributed by atoms with van der Waals surface area (Å²) in [4.78, 5) is 24.1. The third-order valence-electron chi connectivity index (χ3n) is 2.57. The van der Waals surface area contributed by atoms with Crippen molar-refractivity contribution in [3.8, 4) is 0 Å². The fraction of sp³-hybridized carbons (Fsp3) is 0.500. The van der Waals surface area contributed by atoms with Gasteiger partial charge in [-0.3, -0.25) is 14.7 Å². The SMILES string of the molecule is O=C(O)CC1CN(C(=O)c2cn[nH]c2)CCO1. The Balaban J connectivity index is 1.97. The van der Waals surface area contributed by atoms with Crippen LogP contribution in [0.3, 0.4) is 0 Å². The number of morpholine rings is 1. The van der Waals surface area contributed by atoms with Gasteiger partial charge in [-0.2, -0.15) is 5.10 Å². The van der Waals surface area contributed by atoms with Crippen LogP contribution in [0.4, 0.5) is 0 Å². The zero-order valence-corrected chi connectivity index (χ0v) is 9.13. The number of amides is 1. The van der Waals surface area contributed by atoms with E-state index in [0.717, 1.165) is 0 Å². The van der Waals surface area contributed by atoms with Gasteiger partial charge in [0, 0.05) is 19.3 Å². The molecule has 92 valence electrons. The summed E-state index contributed by atoms with van der Waals surface area (Å²) in [6, 6.07) is 0. The summed E-state index contributed by atoms with van der Waals surface area (Å²) in [5.74, 6) is -1.08. The van der Waals surface area contributed by atoms with E-state index >= 15 is 0 Å². The van der Waals surface area contributed by atoms with Gasteiger partial charge in [0.15, 0.2) is 0 Å². The van der Waals surface area contributed by atoms with Crippen LogP contribution < -0.4 is 0 Å². The van der Waals surface area contributed by atoms with E-state index in [2.05, 4.69) is 10.2 Å². The molecule has 1 amide bonds. The van der Waals surface area contributed by atoms with Crippen molar-refractivity contribution in [3.05, 3.63) is 18.0 Å². The standard InChI is InChI=1S/C10H13N3O4/c14-9(15)3-8-6-13(1-2-17-8)10(16)7-4-11-12-5-7/h4-5,8H,1-3,6H2,(H,11,12)(H,14,15). The average Bonchev–Trinajstić information content (AvgIpc) is 2.81. The summed E-state index contributed by atoms with van der Waals surface area (Å²) in [7, 11) is 0. The molecule has 0 bridgehead atoms. The number of carbonyl (C=O) groups excluding carboxylic acids is 1. The molecule has 0 aromatic carbocycles. The molecule has 0 spiro atoms. The Morgan fingerprint density at radius 2 is 2.47 bits per heavy atom. The van der Waals surface area contributed by atoms with E-state index in [1.165, 1.54) is 12.4 Å². The topological polar surface area (TPSA) is 95.5 Å². The first-order chi connectivity index (χ1) is 8.16. The number of nitrogens with zero attached hydrogens (tertiary/aromatic N) is 2. The maximum Gasteiger partial charge on any atom is 0.306 e. The van der Waals surface area contributed by atoms with Crippen LogP contribution in [-0.2, 0) is 9.53 Å². The van der Waals surface area contributed by atoms with Crippen molar-refractivity contribution in [1.29, 1.82) is 0 Å². The number of aliphatic carboxylic acids is 1. The lowest BCUT2D eigenvalue weighted by atomic mass is 10.2. The summed E-state index contributed by atoms with van der Waals surface area (Å²) < 4.78 is 5.29. The molecule has 1 aromatic rings. The Labute approximate surface area is 97.4 Å². The van der Waals surface area contributed by atoms with Crippen LogP contribution >= 0.6 is 0 Å². The summed E-state index contributed by atoms with van der Waals surface area (Å²) in [6.45, 7) is 1.14. The number of carbonyl (C=O) groups is 2. The van der Waals surface area contributed by atoms with E-state index in [4.69, 9.17) is 9.84 Å². The van der Waals surface area contributed by atoms with E-state index in [1.54, 1.807) is 4.90 Å². The molecule has 1 fully saturated rings. The van der Waals surface area contributed by atoms with Gasteiger partial charge >= 0.3 is 5.97 Å². The fourth-order valence-corrected chi connectivity index (χ4v) is 1.77. The lowest BCUT2D eigenvalue weighted by Crippen LogP contribution is -2.46. The molecule has 1 unspecified atom stereocenters. The van der Waals surface area contributed by atoms with Crippen molar-refractivity contribution < 1.29 is 19.4 Å². The first-order valence-corrected chi connectivity index (χ1v) is 5.28. The fourth-order valence-electron chi connectivity index (χ4n) is 1.77. The van der Waals surface area contributed by atoms with Crippen LogP contribution in [0.5, 0.6) is 0 Å². The van der Waals surface area contributed by atoms with Crippen molar-refractivity contribution in [2.45, 2.75) is 12.5 Å². The second kappa shape index (κ2) is 4.96. The summed E-state index contributed by atoms with van der Waals surface area (Å²) in [5, 5.41) is 15.0. The normalized spacial score (nSPS) is 20.2. The van der Waals surface area contributed by atoms with Gasteiger partial charge in [-0.1, -0.05) is 0 Å². The third-order valence-corrected chi connectivity index (χ3v) is 2.57. The molecule has 1 aromatic heterocycles. The molecule has 7 nitrogen and oxygen atoms in total. The van der Waals surface area contributed by atoms with E-state index in [0.29, 0.717) is 25.3 Å². The summed E-state index contributed by atoms with van der Waals surface area (Å²) in [5.41, 5.74) is 0.473. The predicted octanol–water partition coefficient (Wildman–Crippen LogP) is -0.275. The Kier molecular flexibility index (Phi) is 3.38. The van der Waals surface area contributed by atoms with Gasteiger partial charge in [-0.25, -0.2) is 0 Å². The smallest absolute Gasteiger partial charge is 0.306 e. The molecule has 1 saturated heterocycles. The molecule has 2 heterocycles. The molecule has 1 aliphatic heterocycles. The first-order valence-electron chi connectivity index (χ1n) is 5.28. The van der Waals surface area contributed by atoms with Crippen molar-refractivity contribution in [2.24, 2.45) is 0 Å². The zero-order chi connectivity index (χ0) is 12.3. The highest BCUT2D eigenvalue weighted by Crippen LogP contribution is 2.11. The molecule has 1 atom stereocenters. The molecular weight excluding hydrogens is 226 g/mol. The van der Waals surface area contributed by atoms with Gasteiger partial charge < -0.3 is 14.7 Å². The Morgan fingerprint density at radius 1 is 1.65 bits per heavy atom. The van der Waals surface area contributed by atoms with Crippen LogP contribution in [0.25, 0.3) is 0 Å². The molecule has 1 aliphatic rings. The van der Waals surface area contributed by atoms with E-state index in [-0.39, 0.29) is 12.3 Å². The van der Waals surface area contributed by atoms with Crippen molar-refractivity contribution >= 4 is 11.9 Å². The lowest BCUT2D eigenvalue weighted by Gasteiger charge is -2.32. The highest BCUT2D eigenvalue weighted by Gasteiger charge is 2.26.